The molecule has 0 saturated carbocycles. The molecular weight excluding hydrogens is 497 g/mol. The minimum atomic E-state index is -5.26. The quantitative estimate of drug-likeness (QED) is 0.171. The molecule has 0 radical (unpaired) electrons. The Labute approximate surface area is 202 Å². The third-order valence-electron chi connectivity index (χ3n) is 5.25. The summed E-state index contributed by atoms with van der Waals surface area (Å²) in [5.41, 5.74) is -1.39. The van der Waals surface area contributed by atoms with Gasteiger partial charge in [0.15, 0.2) is 5.83 Å². The Kier molecular flexibility index (Phi) is 8.91. The summed E-state index contributed by atoms with van der Waals surface area (Å²) in [6, 6.07) is 6.36. The minimum absolute atomic E-state index is 0.0507. The van der Waals surface area contributed by atoms with E-state index in [2.05, 4.69) is 0 Å². The van der Waals surface area contributed by atoms with Crippen molar-refractivity contribution in [1.82, 2.24) is 0 Å². The average Bonchev–Trinajstić information content (AvgIpc) is 2.82. The van der Waals surface area contributed by atoms with Crippen molar-refractivity contribution in [2.45, 2.75) is 38.1 Å². The molecule has 0 amide bonds. The Morgan fingerprint density at radius 2 is 1.64 bits per heavy atom. The van der Waals surface area contributed by atoms with Crippen LogP contribution in [0.2, 0.25) is 0 Å². The first-order valence-corrected chi connectivity index (χ1v) is 10.8. The number of carbonyl (C=O) groups excluding carboxylic acids is 1. The summed E-state index contributed by atoms with van der Waals surface area (Å²) in [6.45, 7) is 1.68. The van der Waals surface area contributed by atoms with Crippen molar-refractivity contribution in [3.8, 4) is 5.75 Å². The van der Waals surface area contributed by atoms with E-state index in [1.807, 2.05) is 0 Å². The Balaban J connectivity index is 1.58. The van der Waals surface area contributed by atoms with Crippen LogP contribution in [0, 0.1) is 11.6 Å². The van der Waals surface area contributed by atoms with E-state index < -0.39 is 53.0 Å². The zero-order chi connectivity index (χ0) is 26.5. The number of carbonyl (C=O) groups is 1. The number of alkyl halides is 3. The summed E-state index contributed by atoms with van der Waals surface area (Å²) >= 11 is 0. The first kappa shape index (κ1) is 27.4. The highest BCUT2D eigenvalue weighted by Gasteiger charge is 2.38. The minimum Gasteiger partial charge on any atom is -0.423 e. The number of hydrogen-bond acceptors (Lipinski definition) is 4. The van der Waals surface area contributed by atoms with Crippen LogP contribution in [-0.4, -0.2) is 25.5 Å². The van der Waals surface area contributed by atoms with Crippen LogP contribution in [0.15, 0.2) is 54.4 Å². The summed E-state index contributed by atoms with van der Waals surface area (Å²) in [7, 11) is 0. The van der Waals surface area contributed by atoms with Crippen LogP contribution in [0.5, 0.6) is 5.75 Å². The van der Waals surface area contributed by atoms with Gasteiger partial charge >= 0.3 is 12.1 Å². The summed E-state index contributed by atoms with van der Waals surface area (Å²) in [4.78, 5) is 12.2. The first-order valence-electron chi connectivity index (χ1n) is 10.8. The predicted molar refractivity (Wildman–Crippen MR) is 115 cm³/mol. The molecule has 1 fully saturated rings. The van der Waals surface area contributed by atoms with Crippen molar-refractivity contribution in [3.63, 3.8) is 0 Å². The van der Waals surface area contributed by atoms with Gasteiger partial charge in [-0.15, -0.1) is 0 Å². The Hall–Kier alpha value is -3.18. The summed E-state index contributed by atoms with van der Waals surface area (Å²) in [5, 5.41) is 0. The van der Waals surface area contributed by atoms with Crippen LogP contribution < -0.4 is 4.74 Å². The Morgan fingerprint density at radius 1 is 1.06 bits per heavy atom. The summed E-state index contributed by atoms with van der Waals surface area (Å²) < 4.78 is 109. The molecule has 1 aliphatic rings. The molecule has 36 heavy (non-hydrogen) atoms. The standard InChI is InChI=1S/C25H21F7O4/c1-2-3-4-5-18(26)22(29)15-8-6-14(7-9-15)16-12-34-24(35-13-16)23(33)36-17-10-19(27)21(20(28)11-17)25(30,31)32/h2-3,6-11,16,24H,4-5,12-13H2,1H3. The van der Waals surface area contributed by atoms with Crippen molar-refractivity contribution in [1.29, 1.82) is 0 Å². The maximum atomic E-state index is 14.3. The monoisotopic (exact) mass is 518 g/mol. The van der Waals surface area contributed by atoms with E-state index >= 15 is 0 Å². The molecule has 0 N–H and O–H groups in total. The highest BCUT2D eigenvalue weighted by atomic mass is 19.4. The van der Waals surface area contributed by atoms with Gasteiger partial charge in [0.2, 0.25) is 0 Å². The second kappa shape index (κ2) is 11.7. The molecule has 1 aliphatic heterocycles. The maximum absolute atomic E-state index is 14.3. The molecule has 1 heterocycles. The number of halogens is 7. The normalized spacial score (nSPS) is 19.3. The molecule has 0 bridgehead atoms. The lowest BCUT2D eigenvalue weighted by atomic mass is 9.98. The fourth-order valence-electron chi connectivity index (χ4n) is 3.42. The fraction of sp³-hybridized carbons (Fsp3) is 0.320. The van der Waals surface area contributed by atoms with Crippen molar-refractivity contribution < 1.29 is 49.7 Å². The smallest absolute Gasteiger partial charge is 0.422 e. The molecule has 0 aromatic heterocycles. The lowest BCUT2D eigenvalue weighted by molar-refractivity contribution is -0.207. The van der Waals surface area contributed by atoms with E-state index in [0.29, 0.717) is 12.0 Å². The second-order valence-corrected chi connectivity index (χ2v) is 7.82. The SMILES string of the molecule is CC=CCCC(F)=C(F)c1ccc(C2COC(C(=O)Oc3cc(F)c(C(F)(F)F)c(F)c3)OC2)cc1. The van der Waals surface area contributed by atoms with Crippen molar-refractivity contribution in [3.05, 3.63) is 82.7 Å². The average molecular weight is 518 g/mol. The van der Waals surface area contributed by atoms with E-state index in [4.69, 9.17) is 14.2 Å². The predicted octanol–water partition coefficient (Wildman–Crippen LogP) is 7.01. The molecule has 0 spiro atoms. The van der Waals surface area contributed by atoms with Gasteiger partial charge in [-0.05, 0) is 18.9 Å². The third-order valence-corrected chi connectivity index (χ3v) is 5.25. The van der Waals surface area contributed by atoms with E-state index in [0.717, 1.165) is 0 Å². The van der Waals surface area contributed by atoms with Crippen LogP contribution >= 0.6 is 0 Å². The maximum Gasteiger partial charge on any atom is 0.422 e. The van der Waals surface area contributed by atoms with Gasteiger partial charge in [0.05, 0.1) is 13.2 Å². The number of ether oxygens (including phenoxy) is 3. The topological polar surface area (TPSA) is 44.8 Å². The molecule has 194 valence electrons. The van der Waals surface area contributed by atoms with Crippen LogP contribution in [0.3, 0.4) is 0 Å². The largest absolute Gasteiger partial charge is 0.423 e. The van der Waals surface area contributed by atoms with Gasteiger partial charge in [-0.3, -0.25) is 0 Å². The van der Waals surface area contributed by atoms with Crippen molar-refractivity contribution in [2.75, 3.05) is 13.2 Å². The van der Waals surface area contributed by atoms with Crippen LogP contribution in [-0.2, 0) is 20.4 Å². The summed E-state index contributed by atoms with van der Waals surface area (Å²) in [5.74, 6) is -8.09. The van der Waals surface area contributed by atoms with Gasteiger partial charge in [0, 0.05) is 30.0 Å². The van der Waals surface area contributed by atoms with Gasteiger partial charge < -0.3 is 14.2 Å². The molecule has 0 unspecified atom stereocenters. The first-order chi connectivity index (χ1) is 17.0. The zero-order valence-electron chi connectivity index (χ0n) is 18.9. The lowest BCUT2D eigenvalue weighted by Gasteiger charge is -2.28. The van der Waals surface area contributed by atoms with Crippen LogP contribution in [0.25, 0.3) is 5.83 Å². The number of allylic oxidation sites excluding steroid dienone is 3. The number of esters is 1. The molecule has 3 rings (SSSR count). The van der Waals surface area contributed by atoms with E-state index in [9.17, 15) is 35.5 Å². The van der Waals surface area contributed by atoms with Gasteiger partial charge in [0.25, 0.3) is 6.29 Å². The fourth-order valence-corrected chi connectivity index (χ4v) is 3.42. The van der Waals surface area contributed by atoms with E-state index in [1.54, 1.807) is 31.2 Å². The second-order valence-electron chi connectivity index (χ2n) is 7.82. The zero-order valence-corrected chi connectivity index (χ0v) is 18.9. The lowest BCUT2D eigenvalue weighted by Crippen LogP contribution is -2.38. The Bertz CT molecular complexity index is 1110. The third kappa shape index (κ3) is 6.73. The summed E-state index contributed by atoms with van der Waals surface area (Å²) in [6.07, 6.45) is -3.07. The molecule has 4 nitrogen and oxygen atoms in total. The van der Waals surface area contributed by atoms with E-state index in [-0.39, 0.29) is 43.2 Å². The van der Waals surface area contributed by atoms with E-state index in [1.165, 1.54) is 12.1 Å². The number of benzene rings is 2. The number of rotatable bonds is 7. The van der Waals surface area contributed by atoms with Gasteiger partial charge in [-0.1, -0.05) is 36.4 Å². The highest BCUT2D eigenvalue weighted by molar-refractivity contribution is 5.76. The highest BCUT2D eigenvalue weighted by Crippen LogP contribution is 2.35. The van der Waals surface area contributed by atoms with Gasteiger partial charge in [0.1, 0.15) is 28.8 Å². The molecule has 0 aliphatic carbocycles. The molecule has 2 aromatic rings. The van der Waals surface area contributed by atoms with Crippen molar-refractivity contribution >= 4 is 11.8 Å². The molecule has 0 atom stereocenters. The Morgan fingerprint density at radius 3 is 2.17 bits per heavy atom. The van der Waals surface area contributed by atoms with Gasteiger partial charge in [-0.2, -0.15) is 13.2 Å². The number of hydrogen-bond donors (Lipinski definition) is 0. The molecule has 1 saturated heterocycles. The van der Waals surface area contributed by atoms with Crippen LogP contribution in [0.4, 0.5) is 30.7 Å². The molecule has 2 aromatic carbocycles. The molecule has 11 heteroatoms. The van der Waals surface area contributed by atoms with Crippen LogP contribution in [0.1, 0.15) is 42.4 Å². The van der Waals surface area contributed by atoms with Crippen molar-refractivity contribution in [2.24, 2.45) is 0 Å². The van der Waals surface area contributed by atoms with Gasteiger partial charge in [-0.25, -0.2) is 22.4 Å². The molecular formula is C25H21F7O4.